The topological polar surface area (TPSA) is 135 Å². The number of aliphatic imine (C=N–C) groups is 1. The minimum absolute atomic E-state index is 0.0428. The van der Waals surface area contributed by atoms with Gasteiger partial charge in [0.25, 0.3) is 11.8 Å². The summed E-state index contributed by atoms with van der Waals surface area (Å²) in [4.78, 5) is 48.9. The zero-order valence-corrected chi connectivity index (χ0v) is 23.5. The van der Waals surface area contributed by atoms with Crippen molar-refractivity contribution in [3.05, 3.63) is 102 Å². The van der Waals surface area contributed by atoms with E-state index in [-0.39, 0.29) is 41.5 Å². The largest absolute Gasteiger partial charge is 0.480 e. The van der Waals surface area contributed by atoms with Crippen LogP contribution in [-0.2, 0) is 5.54 Å². The van der Waals surface area contributed by atoms with Crippen molar-refractivity contribution in [2.75, 3.05) is 36.2 Å². The van der Waals surface area contributed by atoms with Crippen LogP contribution < -0.4 is 20.3 Å². The average molecular weight is 603 g/mol. The molecule has 2 unspecified atom stereocenters. The molecule has 2 amide bonds. The Morgan fingerprint density at radius 2 is 1.77 bits per heavy atom. The molecule has 2 atom stereocenters. The van der Waals surface area contributed by atoms with Gasteiger partial charge in [0.1, 0.15) is 17.1 Å². The van der Waals surface area contributed by atoms with E-state index in [1.165, 1.54) is 49.5 Å². The predicted molar refractivity (Wildman–Crippen MR) is 156 cm³/mol. The summed E-state index contributed by atoms with van der Waals surface area (Å²) in [7, 11) is 1.44. The number of nitrogens with zero attached hydrogens (tertiary/aromatic N) is 6. The van der Waals surface area contributed by atoms with Gasteiger partial charge in [0.15, 0.2) is 11.0 Å². The fraction of sp³-hybridized carbons (Fsp3) is 0.207. The van der Waals surface area contributed by atoms with E-state index >= 15 is 4.39 Å². The summed E-state index contributed by atoms with van der Waals surface area (Å²) < 4.78 is 34.3. The molecule has 218 valence electrons. The monoisotopic (exact) mass is 602 g/mol. The number of nitrogens with one attached hydrogen (secondary N) is 2. The lowest BCUT2D eigenvalue weighted by atomic mass is 9.81. The van der Waals surface area contributed by atoms with Gasteiger partial charge in [0.2, 0.25) is 11.8 Å². The van der Waals surface area contributed by atoms with Gasteiger partial charge in [-0.2, -0.15) is 0 Å². The van der Waals surface area contributed by atoms with Crippen LogP contribution >= 0.6 is 11.8 Å². The van der Waals surface area contributed by atoms with Gasteiger partial charge >= 0.3 is 0 Å². The molecule has 4 heterocycles. The van der Waals surface area contributed by atoms with Crippen LogP contribution in [0.25, 0.3) is 0 Å². The highest BCUT2D eigenvalue weighted by Crippen LogP contribution is 2.47. The number of halogens is 2. The molecular weight excluding hydrogens is 578 g/mol. The highest BCUT2D eigenvalue weighted by Gasteiger charge is 2.52. The van der Waals surface area contributed by atoms with Crippen LogP contribution in [0.15, 0.2) is 78.3 Å². The van der Waals surface area contributed by atoms with Gasteiger partial charge in [0.05, 0.1) is 38.4 Å². The Morgan fingerprint density at radius 1 is 0.977 bits per heavy atom. The molecule has 0 radical (unpaired) electrons. The van der Waals surface area contributed by atoms with E-state index < -0.39 is 23.1 Å². The number of anilines is 2. The van der Waals surface area contributed by atoms with E-state index in [0.29, 0.717) is 28.7 Å². The molecule has 2 aliphatic heterocycles. The molecule has 11 nitrogen and oxygen atoms in total. The molecule has 1 fully saturated rings. The van der Waals surface area contributed by atoms with Crippen molar-refractivity contribution in [1.29, 1.82) is 0 Å². The van der Waals surface area contributed by atoms with E-state index in [9.17, 15) is 14.0 Å². The molecule has 14 heteroatoms. The molecular formula is C29H24F2N8O3S. The SMILES string of the molecule is COc1cnc(C(=O)Nc2ccc(F)c(C34CN(c5ncc(F)cn5)CC3CSC(NC(=O)c3ccccc3)=N4)c2)cn1. The van der Waals surface area contributed by atoms with E-state index in [1.54, 1.807) is 24.3 Å². The van der Waals surface area contributed by atoms with Gasteiger partial charge in [-0.25, -0.2) is 33.7 Å². The molecule has 6 rings (SSSR count). The zero-order valence-electron chi connectivity index (χ0n) is 22.7. The van der Waals surface area contributed by atoms with Crippen LogP contribution in [0.1, 0.15) is 26.4 Å². The molecule has 0 saturated carbocycles. The summed E-state index contributed by atoms with van der Waals surface area (Å²) >= 11 is 1.35. The van der Waals surface area contributed by atoms with Crippen molar-refractivity contribution in [1.82, 2.24) is 25.3 Å². The van der Waals surface area contributed by atoms with Gasteiger partial charge in [0, 0.05) is 35.0 Å². The van der Waals surface area contributed by atoms with Crippen molar-refractivity contribution >= 4 is 40.4 Å². The first-order valence-electron chi connectivity index (χ1n) is 13.1. The number of amides is 2. The number of carbonyl (C=O) groups is 2. The highest BCUT2D eigenvalue weighted by atomic mass is 32.2. The number of hydrogen-bond acceptors (Lipinski definition) is 10. The smallest absolute Gasteiger partial charge is 0.275 e. The number of benzene rings is 2. The first-order chi connectivity index (χ1) is 20.8. The third-order valence-corrected chi connectivity index (χ3v) is 8.21. The lowest BCUT2D eigenvalue weighted by molar-refractivity contribution is 0.0975. The zero-order chi connectivity index (χ0) is 30.0. The van der Waals surface area contributed by atoms with Crippen LogP contribution in [-0.4, -0.2) is 62.9 Å². The third-order valence-electron chi connectivity index (χ3n) is 7.18. The quantitative estimate of drug-likeness (QED) is 0.339. The number of ether oxygens (including phenoxy) is 1. The first kappa shape index (κ1) is 28.2. The van der Waals surface area contributed by atoms with Gasteiger partial charge < -0.3 is 20.3 Å². The number of carbonyl (C=O) groups excluding carboxylic acids is 2. The van der Waals surface area contributed by atoms with Crippen molar-refractivity contribution in [3.63, 3.8) is 0 Å². The number of thioether (sulfide) groups is 1. The Morgan fingerprint density at radius 3 is 2.49 bits per heavy atom. The lowest BCUT2D eigenvalue weighted by Crippen LogP contribution is -2.43. The summed E-state index contributed by atoms with van der Waals surface area (Å²) in [5.74, 6) is -1.24. The Bertz CT molecular complexity index is 1690. The number of rotatable bonds is 6. The second-order valence-electron chi connectivity index (χ2n) is 9.84. The molecule has 2 aromatic heterocycles. The van der Waals surface area contributed by atoms with Crippen LogP contribution in [0, 0.1) is 17.6 Å². The van der Waals surface area contributed by atoms with Crippen LogP contribution in [0.5, 0.6) is 5.88 Å². The summed E-state index contributed by atoms with van der Waals surface area (Å²) in [5.41, 5.74) is -0.166. The first-order valence-corrected chi connectivity index (χ1v) is 14.1. The molecule has 2 aliphatic rings. The number of aromatic nitrogens is 4. The average Bonchev–Trinajstić information content (AvgIpc) is 3.42. The predicted octanol–water partition coefficient (Wildman–Crippen LogP) is 3.67. The summed E-state index contributed by atoms with van der Waals surface area (Å²) in [6.45, 7) is 0.548. The molecule has 1 saturated heterocycles. The van der Waals surface area contributed by atoms with Gasteiger partial charge in [-0.1, -0.05) is 30.0 Å². The van der Waals surface area contributed by atoms with E-state index in [0.717, 1.165) is 12.4 Å². The number of fused-ring (bicyclic) bond motifs is 1. The summed E-state index contributed by atoms with van der Waals surface area (Å²) in [6.07, 6.45) is 4.73. The minimum atomic E-state index is -1.19. The van der Waals surface area contributed by atoms with Crippen LogP contribution in [0.3, 0.4) is 0 Å². The number of methoxy groups -OCH3 is 1. The van der Waals surface area contributed by atoms with E-state index in [4.69, 9.17) is 9.73 Å². The van der Waals surface area contributed by atoms with Gasteiger partial charge in [-0.05, 0) is 30.3 Å². The second kappa shape index (κ2) is 11.7. The van der Waals surface area contributed by atoms with E-state index in [1.807, 2.05) is 11.0 Å². The highest BCUT2D eigenvalue weighted by molar-refractivity contribution is 8.13. The van der Waals surface area contributed by atoms with Crippen molar-refractivity contribution < 1.29 is 23.1 Å². The molecule has 43 heavy (non-hydrogen) atoms. The molecule has 2 N–H and O–H groups in total. The summed E-state index contributed by atoms with van der Waals surface area (Å²) in [6, 6.07) is 12.9. The second-order valence-corrected chi connectivity index (χ2v) is 10.9. The van der Waals surface area contributed by atoms with Crippen molar-refractivity contribution in [2.45, 2.75) is 5.54 Å². The standard InChI is InChI=1S/C29H24F2N8O3S/c1-42-24-13-32-23(12-33-24)26(41)36-20-7-8-22(31)21(9-20)29-16-39(27-34-10-19(30)11-35-27)14-18(29)15-43-28(38-29)37-25(40)17-5-3-2-4-6-17/h2-13,18H,14-16H2,1H3,(H,36,41)(H,37,38,40). The Hall–Kier alpha value is -4.98. The normalized spacial score (nSPS) is 19.3. The number of hydrogen-bond donors (Lipinski definition) is 2. The minimum Gasteiger partial charge on any atom is -0.480 e. The maximum Gasteiger partial charge on any atom is 0.275 e. The van der Waals surface area contributed by atoms with Crippen LogP contribution in [0.2, 0.25) is 0 Å². The Labute approximate surface area is 248 Å². The maximum atomic E-state index is 15.8. The maximum absolute atomic E-state index is 15.8. The van der Waals surface area contributed by atoms with Gasteiger partial charge in [-0.3, -0.25) is 9.59 Å². The van der Waals surface area contributed by atoms with Crippen molar-refractivity contribution in [2.24, 2.45) is 10.9 Å². The third kappa shape index (κ3) is 5.73. The Balaban J connectivity index is 1.36. The lowest BCUT2D eigenvalue weighted by Gasteiger charge is -2.35. The summed E-state index contributed by atoms with van der Waals surface area (Å²) in [5, 5.41) is 5.93. The van der Waals surface area contributed by atoms with E-state index in [2.05, 4.69) is 30.6 Å². The van der Waals surface area contributed by atoms with Gasteiger partial charge in [-0.15, -0.1) is 0 Å². The molecule has 0 bridgehead atoms. The Kier molecular flexibility index (Phi) is 7.67. The van der Waals surface area contributed by atoms with Crippen molar-refractivity contribution in [3.8, 4) is 5.88 Å². The number of amidine groups is 1. The van der Waals surface area contributed by atoms with Crippen LogP contribution in [0.4, 0.5) is 20.4 Å². The molecule has 0 spiro atoms. The fourth-order valence-electron chi connectivity index (χ4n) is 5.09. The molecule has 4 aromatic rings. The molecule has 2 aromatic carbocycles. The molecule has 0 aliphatic carbocycles. The fourth-order valence-corrected chi connectivity index (χ4v) is 6.22.